The number of hydrogen-bond acceptors (Lipinski definition) is 2. The van der Waals surface area contributed by atoms with Crippen molar-refractivity contribution in [2.75, 3.05) is 13.2 Å². The van der Waals surface area contributed by atoms with Crippen LogP contribution in [0, 0.1) is 5.92 Å². The number of hydrogen-bond donors (Lipinski definition) is 0. The predicted octanol–water partition coefficient (Wildman–Crippen LogP) is 2.81. The minimum absolute atomic E-state index is 0.287. The van der Waals surface area contributed by atoms with Gasteiger partial charge >= 0.3 is 0 Å². The molecule has 0 saturated carbocycles. The summed E-state index contributed by atoms with van der Waals surface area (Å²) in [4.78, 5) is 10.3. The third kappa shape index (κ3) is 11.6. The van der Waals surface area contributed by atoms with E-state index in [0.29, 0.717) is 5.92 Å². The van der Waals surface area contributed by atoms with Crippen LogP contribution in [0.5, 0.6) is 0 Å². The van der Waals surface area contributed by atoms with Crippen LogP contribution in [0.4, 0.5) is 0 Å². The van der Waals surface area contributed by atoms with Gasteiger partial charge in [0.15, 0.2) is 0 Å². The van der Waals surface area contributed by atoms with Gasteiger partial charge in [-0.3, -0.25) is 0 Å². The van der Waals surface area contributed by atoms with Crippen LogP contribution in [0.15, 0.2) is 0 Å². The number of ether oxygens (including phenoxy) is 1. The van der Waals surface area contributed by atoms with Gasteiger partial charge in [0.2, 0.25) is 0 Å². The van der Waals surface area contributed by atoms with Crippen LogP contribution in [-0.2, 0) is 9.53 Å². The maximum atomic E-state index is 10.3. The largest absolute Gasteiger partial charge is 0.381 e. The molecule has 0 N–H and O–H groups in total. The highest BCUT2D eigenvalue weighted by molar-refractivity contribution is 5.75. The second-order valence-corrected chi connectivity index (χ2v) is 3.97. The lowest BCUT2D eigenvalue weighted by atomic mass is 10.1. The third-order valence-electron chi connectivity index (χ3n) is 1.77. The van der Waals surface area contributed by atoms with Crippen LogP contribution >= 0.6 is 0 Å². The summed E-state index contributed by atoms with van der Waals surface area (Å²) in [5.74, 6) is 0.813. The lowest BCUT2D eigenvalue weighted by molar-refractivity contribution is -0.117. The van der Waals surface area contributed by atoms with Crippen molar-refractivity contribution in [3.8, 4) is 0 Å². The summed E-state index contributed by atoms with van der Waals surface area (Å²) < 4.78 is 5.07. The van der Waals surface area contributed by atoms with Crippen LogP contribution in [0.2, 0.25) is 0 Å². The molecule has 0 aromatic rings. The standard InChI is InChI=1S/C6H12O.C5H10O/c1-5(2)4-6(3)7;1-2-4-6-5-3-1/h5H,4H2,1-3H3;1-5H2. The number of ketones is 1. The average Bonchev–Trinajstić information content (AvgIpc) is 2.06. The molecule has 1 heterocycles. The maximum Gasteiger partial charge on any atom is 0.130 e. The molecule has 1 aliphatic heterocycles. The summed E-state index contributed by atoms with van der Waals surface area (Å²) in [6.07, 6.45) is 4.65. The first-order valence-electron chi connectivity index (χ1n) is 5.20. The minimum atomic E-state index is 0.287. The van der Waals surface area contributed by atoms with Crippen LogP contribution in [0.25, 0.3) is 0 Å². The van der Waals surface area contributed by atoms with E-state index in [2.05, 4.69) is 0 Å². The highest BCUT2D eigenvalue weighted by Gasteiger charge is 1.95. The zero-order valence-electron chi connectivity index (χ0n) is 9.14. The quantitative estimate of drug-likeness (QED) is 0.663. The lowest BCUT2D eigenvalue weighted by Crippen LogP contribution is -2.03. The molecule has 1 rings (SSSR count). The molecule has 0 radical (unpaired) electrons. The van der Waals surface area contributed by atoms with Crippen molar-refractivity contribution in [3.63, 3.8) is 0 Å². The van der Waals surface area contributed by atoms with Gasteiger partial charge in [-0.1, -0.05) is 13.8 Å². The summed E-state index contributed by atoms with van der Waals surface area (Å²) >= 11 is 0. The molecule has 0 amide bonds. The Morgan fingerprint density at radius 1 is 1.23 bits per heavy atom. The Morgan fingerprint density at radius 3 is 1.85 bits per heavy atom. The number of Topliss-reactive ketones (excluding diaryl/α,β-unsaturated/α-hetero) is 1. The van der Waals surface area contributed by atoms with Gasteiger partial charge in [0.1, 0.15) is 5.78 Å². The Kier molecular flexibility index (Phi) is 8.00. The maximum absolute atomic E-state index is 10.3. The Hall–Kier alpha value is -0.370. The van der Waals surface area contributed by atoms with E-state index in [9.17, 15) is 4.79 Å². The molecule has 0 aromatic carbocycles. The smallest absolute Gasteiger partial charge is 0.130 e. The topological polar surface area (TPSA) is 26.3 Å². The molecule has 1 saturated heterocycles. The van der Waals surface area contributed by atoms with Crippen molar-refractivity contribution in [3.05, 3.63) is 0 Å². The van der Waals surface area contributed by atoms with Crippen LogP contribution in [0.3, 0.4) is 0 Å². The molecule has 78 valence electrons. The minimum Gasteiger partial charge on any atom is -0.381 e. The molecule has 0 atom stereocenters. The second kappa shape index (κ2) is 8.24. The first-order chi connectivity index (χ1) is 6.13. The van der Waals surface area contributed by atoms with Gasteiger partial charge in [0.25, 0.3) is 0 Å². The highest BCUT2D eigenvalue weighted by atomic mass is 16.5. The Morgan fingerprint density at radius 2 is 1.77 bits per heavy atom. The molecule has 0 spiro atoms. The zero-order valence-corrected chi connectivity index (χ0v) is 9.14. The third-order valence-corrected chi connectivity index (χ3v) is 1.77. The first-order valence-corrected chi connectivity index (χ1v) is 5.20. The van der Waals surface area contributed by atoms with Crippen molar-refractivity contribution in [1.82, 2.24) is 0 Å². The Labute approximate surface area is 81.7 Å². The number of carbonyl (C=O) groups excluding carboxylic acids is 1. The Bertz CT molecular complexity index is 115. The van der Waals surface area contributed by atoms with Crippen LogP contribution in [0.1, 0.15) is 46.5 Å². The highest BCUT2D eigenvalue weighted by Crippen LogP contribution is 2.02. The summed E-state index contributed by atoms with van der Waals surface area (Å²) in [7, 11) is 0. The van der Waals surface area contributed by atoms with Crippen molar-refractivity contribution < 1.29 is 9.53 Å². The molecule has 2 heteroatoms. The molecule has 0 bridgehead atoms. The van der Waals surface area contributed by atoms with Gasteiger partial charge in [-0.25, -0.2) is 0 Å². The zero-order chi connectivity index (χ0) is 10.1. The van der Waals surface area contributed by atoms with Crippen molar-refractivity contribution >= 4 is 5.78 Å². The Balaban J connectivity index is 0.000000223. The normalized spacial score (nSPS) is 16.3. The number of carbonyl (C=O) groups is 1. The first kappa shape index (κ1) is 12.6. The molecule has 0 aromatic heterocycles. The summed E-state index contributed by atoms with van der Waals surface area (Å²) in [6, 6.07) is 0. The summed E-state index contributed by atoms with van der Waals surface area (Å²) in [5, 5.41) is 0. The van der Waals surface area contributed by atoms with Crippen molar-refractivity contribution in [2.24, 2.45) is 5.92 Å². The fourth-order valence-electron chi connectivity index (χ4n) is 1.26. The fraction of sp³-hybridized carbons (Fsp3) is 0.909. The fourth-order valence-corrected chi connectivity index (χ4v) is 1.26. The second-order valence-electron chi connectivity index (χ2n) is 3.97. The van der Waals surface area contributed by atoms with Crippen molar-refractivity contribution in [1.29, 1.82) is 0 Å². The molecular formula is C11H22O2. The summed E-state index contributed by atoms with van der Waals surface area (Å²) in [6.45, 7) is 7.71. The molecule has 13 heavy (non-hydrogen) atoms. The predicted molar refractivity (Wildman–Crippen MR) is 54.8 cm³/mol. The van der Waals surface area contributed by atoms with E-state index in [4.69, 9.17) is 4.74 Å². The average molecular weight is 186 g/mol. The van der Waals surface area contributed by atoms with Gasteiger partial charge in [0.05, 0.1) is 0 Å². The van der Waals surface area contributed by atoms with Crippen LogP contribution in [-0.4, -0.2) is 19.0 Å². The van der Waals surface area contributed by atoms with E-state index >= 15 is 0 Å². The lowest BCUT2D eigenvalue weighted by Gasteiger charge is -2.08. The van der Waals surface area contributed by atoms with E-state index in [-0.39, 0.29) is 5.78 Å². The van der Waals surface area contributed by atoms with Crippen LogP contribution < -0.4 is 0 Å². The van der Waals surface area contributed by atoms with E-state index in [1.54, 1.807) is 6.92 Å². The summed E-state index contributed by atoms with van der Waals surface area (Å²) in [5.41, 5.74) is 0. The van der Waals surface area contributed by atoms with Crippen molar-refractivity contribution in [2.45, 2.75) is 46.5 Å². The van der Waals surface area contributed by atoms with E-state index in [0.717, 1.165) is 19.6 Å². The van der Waals surface area contributed by atoms with Gasteiger partial charge in [0, 0.05) is 19.6 Å². The van der Waals surface area contributed by atoms with Gasteiger partial charge in [-0.2, -0.15) is 0 Å². The van der Waals surface area contributed by atoms with Gasteiger partial charge < -0.3 is 9.53 Å². The molecule has 1 aliphatic rings. The van der Waals surface area contributed by atoms with E-state index in [1.165, 1.54) is 19.3 Å². The molecule has 0 aliphatic carbocycles. The molecular weight excluding hydrogens is 164 g/mol. The van der Waals surface area contributed by atoms with Gasteiger partial charge in [-0.15, -0.1) is 0 Å². The molecule has 2 nitrogen and oxygen atoms in total. The monoisotopic (exact) mass is 186 g/mol. The molecule has 1 fully saturated rings. The SMILES string of the molecule is C1CCOCC1.CC(=O)CC(C)C. The van der Waals surface area contributed by atoms with Gasteiger partial charge in [-0.05, 0) is 32.1 Å². The van der Waals surface area contributed by atoms with E-state index in [1.807, 2.05) is 13.8 Å². The molecule has 0 unspecified atom stereocenters. The number of rotatable bonds is 2. The van der Waals surface area contributed by atoms with E-state index < -0.39 is 0 Å².